The zero-order valence-electron chi connectivity index (χ0n) is 13.6. The summed E-state index contributed by atoms with van der Waals surface area (Å²) in [5.74, 6) is -1.57. The van der Waals surface area contributed by atoms with Gasteiger partial charge >= 0.3 is 11.9 Å². The van der Waals surface area contributed by atoms with E-state index in [9.17, 15) is 14.7 Å². The molecule has 6 heteroatoms. The number of carbonyl (C=O) groups excluding carboxylic acids is 2. The molecule has 0 unspecified atom stereocenters. The summed E-state index contributed by atoms with van der Waals surface area (Å²) in [6.45, 7) is 3.47. The standard InChI is InChI=1S/C17H22O6/c1-12(17(11-23-17)16(2,20)15(19)21-3)9-14(18)22-10-13-7-5-4-6-8-13/h4-8,12,20H,9-11H2,1-3H3/t12-,16-,17-/m0/s1. The Balaban J connectivity index is 1.92. The van der Waals surface area contributed by atoms with Gasteiger partial charge in [0, 0.05) is 5.92 Å². The first kappa shape index (κ1) is 17.4. The van der Waals surface area contributed by atoms with Crippen LogP contribution in [0.4, 0.5) is 0 Å². The van der Waals surface area contributed by atoms with Crippen LogP contribution in [0.2, 0.25) is 0 Å². The van der Waals surface area contributed by atoms with Crippen LogP contribution >= 0.6 is 0 Å². The zero-order valence-corrected chi connectivity index (χ0v) is 13.6. The van der Waals surface area contributed by atoms with Gasteiger partial charge in [-0.2, -0.15) is 0 Å². The highest BCUT2D eigenvalue weighted by atomic mass is 16.6. The Hall–Kier alpha value is -1.92. The first-order valence-electron chi connectivity index (χ1n) is 7.48. The molecular formula is C17H22O6. The van der Waals surface area contributed by atoms with Gasteiger partial charge in [0.1, 0.15) is 12.2 Å². The normalized spacial score (nSPS) is 23.5. The number of benzene rings is 1. The number of hydrogen-bond donors (Lipinski definition) is 1. The van der Waals surface area contributed by atoms with Crippen LogP contribution in [0.1, 0.15) is 25.8 Å². The minimum Gasteiger partial charge on any atom is -0.467 e. The fourth-order valence-corrected chi connectivity index (χ4v) is 2.71. The summed E-state index contributed by atoms with van der Waals surface area (Å²) in [6.07, 6.45) is 0.0416. The molecule has 1 aromatic carbocycles. The first-order chi connectivity index (χ1) is 10.8. The van der Waals surface area contributed by atoms with Gasteiger partial charge in [0.15, 0.2) is 5.60 Å². The predicted octanol–water partition coefficient (Wildman–Crippen LogP) is 1.45. The van der Waals surface area contributed by atoms with Gasteiger partial charge in [0.2, 0.25) is 0 Å². The van der Waals surface area contributed by atoms with E-state index in [0.717, 1.165) is 5.56 Å². The van der Waals surface area contributed by atoms with Crippen LogP contribution in [0.15, 0.2) is 30.3 Å². The number of carbonyl (C=O) groups is 2. The van der Waals surface area contributed by atoms with Crippen LogP contribution in [-0.2, 0) is 30.4 Å². The molecule has 1 aliphatic rings. The van der Waals surface area contributed by atoms with Crippen LogP contribution in [0.3, 0.4) is 0 Å². The van der Waals surface area contributed by atoms with Gasteiger partial charge in [-0.1, -0.05) is 37.3 Å². The van der Waals surface area contributed by atoms with E-state index in [1.807, 2.05) is 30.3 Å². The summed E-state index contributed by atoms with van der Waals surface area (Å²) in [4.78, 5) is 23.7. The van der Waals surface area contributed by atoms with Crippen molar-refractivity contribution in [2.24, 2.45) is 5.92 Å². The highest BCUT2D eigenvalue weighted by Gasteiger charge is 2.66. The van der Waals surface area contributed by atoms with Gasteiger partial charge in [-0.15, -0.1) is 0 Å². The zero-order chi connectivity index (χ0) is 17.1. The van der Waals surface area contributed by atoms with Gasteiger partial charge in [-0.25, -0.2) is 4.79 Å². The second-order valence-corrected chi connectivity index (χ2v) is 5.99. The molecule has 1 aromatic rings. The second-order valence-electron chi connectivity index (χ2n) is 5.99. The van der Waals surface area contributed by atoms with Crippen molar-refractivity contribution in [2.75, 3.05) is 13.7 Å². The Kier molecular flexibility index (Phi) is 5.06. The number of aliphatic hydroxyl groups is 1. The molecule has 6 nitrogen and oxygen atoms in total. The maximum atomic E-state index is 12.0. The van der Waals surface area contributed by atoms with Crippen LogP contribution in [-0.4, -0.2) is 42.0 Å². The molecule has 0 amide bonds. The number of hydrogen-bond acceptors (Lipinski definition) is 6. The lowest BCUT2D eigenvalue weighted by Gasteiger charge is -2.31. The lowest BCUT2D eigenvalue weighted by Crippen LogP contribution is -2.54. The second kappa shape index (κ2) is 6.68. The molecule has 0 spiro atoms. The monoisotopic (exact) mass is 322 g/mol. The van der Waals surface area contributed by atoms with E-state index in [1.165, 1.54) is 14.0 Å². The molecule has 0 bridgehead atoms. The summed E-state index contributed by atoms with van der Waals surface area (Å²) in [5.41, 5.74) is -2.01. The number of ether oxygens (including phenoxy) is 3. The molecule has 23 heavy (non-hydrogen) atoms. The summed E-state index contributed by atoms with van der Waals surface area (Å²) in [7, 11) is 1.20. The summed E-state index contributed by atoms with van der Waals surface area (Å²) >= 11 is 0. The molecule has 126 valence electrons. The van der Waals surface area contributed by atoms with Crippen molar-refractivity contribution in [3.63, 3.8) is 0 Å². The number of esters is 2. The first-order valence-corrected chi connectivity index (χ1v) is 7.48. The Labute approximate surface area is 135 Å². The number of methoxy groups -OCH3 is 1. The topological polar surface area (TPSA) is 85.4 Å². The van der Waals surface area contributed by atoms with Crippen LogP contribution in [0.25, 0.3) is 0 Å². The SMILES string of the molecule is COC(=O)[C@](C)(O)[C@@]1([C@@H](C)CC(=O)OCc2ccccc2)CO1. The summed E-state index contributed by atoms with van der Waals surface area (Å²) in [6, 6.07) is 9.35. The van der Waals surface area contributed by atoms with E-state index >= 15 is 0 Å². The third kappa shape index (κ3) is 3.54. The molecular weight excluding hydrogens is 300 g/mol. The van der Waals surface area contributed by atoms with Gasteiger partial charge in [0.05, 0.1) is 20.1 Å². The van der Waals surface area contributed by atoms with Crippen LogP contribution in [0, 0.1) is 5.92 Å². The van der Waals surface area contributed by atoms with Gasteiger partial charge < -0.3 is 19.3 Å². The summed E-state index contributed by atoms with van der Waals surface area (Å²) in [5, 5.41) is 10.4. The molecule has 1 saturated heterocycles. The number of epoxide rings is 1. The van der Waals surface area contributed by atoms with Gasteiger partial charge in [-0.05, 0) is 12.5 Å². The van der Waals surface area contributed by atoms with Gasteiger partial charge in [-0.3, -0.25) is 4.79 Å². The molecule has 0 aliphatic carbocycles. The van der Waals surface area contributed by atoms with E-state index in [1.54, 1.807) is 6.92 Å². The van der Waals surface area contributed by atoms with Crippen molar-refractivity contribution in [2.45, 2.75) is 38.1 Å². The van der Waals surface area contributed by atoms with Crippen molar-refractivity contribution in [3.05, 3.63) is 35.9 Å². The van der Waals surface area contributed by atoms with Crippen LogP contribution < -0.4 is 0 Å². The predicted molar refractivity (Wildman–Crippen MR) is 81.3 cm³/mol. The fourth-order valence-electron chi connectivity index (χ4n) is 2.71. The fraction of sp³-hybridized carbons (Fsp3) is 0.529. The molecule has 1 aliphatic heterocycles. The Bertz CT molecular complexity index is 562. The smallest absolute Gasteiger partial charge is 0.340 e. The van der Waals surface area contributed by atoms with Crippen molar-refractivity contribution in [3.8, 4) is 0 Å². The van der Waals surface area contributed by atoms with Crippen molar-refractivity contribution < 1.29 is 28.9 Å². The minimum absolute atomic E-state index is 0.0416. The van der Waals surface area contributed by atoms with Crippen molar-refractivity contribution in [1.29, 1.82) is 0 Å². The third-order valence-corrected chi connectivity index (χ3v) is 4.37. The van der Waals surface area contributed by atoms with Crippen molar-refractivity contribution >= 4 is 11.9 Å². The molecule has 0 saturated carbocycles. The molecule has 1 heterocycles. The average Bonchev–Trinajstić information content (AvgIpc) is 3.35. The van der Waals surface area contributed by atoms with E-state index in [0.29, 0.717) is 0 Å². The van der Waals surface area contributed by atoms with Crippen LogP contribution in [0.5, 0.6) is 0 Å². The Morgan fingerprint density at radius 3 is 2.52 bits per heavy atom. The molecule has 3 atom stereocenters. The number of rotatable bonds is 7. The molecule has 1 N–H and O–H groups in total. The summed E-state index contributed by atoms with van der Waals surface area (Å²) < 4.78 is 15.2. The van der Waals surface area contributed by atoms with E-state index < -0.39 is 23.1 Å². The highest BCUT2D eigenvalue weighted by molar-refractivity contribution is 5.81. The third-order valence-electron chi connectivity index (χ3n) is 4.37. The Morgan fingerprint density at radius 2 is 2.00 bits per heavy atom. The Morgan fingerprint density at radius 1 is 1.39 bits per heavy atom. The lowest BCUT2D eigenvalue weighted by atomic mass is 9.78. The average molecular weight is 322 g/mol. The lowest BCUT2D eigenvalue weighted by molar-refractivity contribution is -0.172. The van der Waals surface area contributed by atoms with E-state index in [2.05, 4.69) is 4.74 Å². The van der Waals surface area contributed by atoms with E-state index in [-0.39, 0.29) is 25.6 Å². The van der Waals surface area contributed by atoms with E-state index in [4.69, 9.17) is 9.47 Å². The van der Waals surface area contributed by atoms with Crippen molar-refractivity contribution in [1.82, 2.24) is 0 Å². The highest BCUT2D eigenvalue weighted by Crippen LogP contribution is 2.46. The molecule has 0 radical (unpaired) electrons. The quantitative estimate of drug-likeness (QED) is 0.604. The maximum absolute atomic E-state index is 12.0. The molecule has 2 rings (SSSR count). The minimum atomic E-state index is -1.80. The molecule has 1 fully saturated rings. The van der Waals surface area contributed by atoms with Gasteiger partial charge in [0.25, 0.3) is 0 Å². The largest absolute Gasteiger partial charge is 0.467 e. The maximum Gasteiger partial charge on any atom is 0.340 e. The molecule has 0 aromatic heterocycles.